The Morgan fingerprint density at radius 3 is 2.34 bits per heavy atom. The van der Waals surface area contributed by atoms with Gasteiger partial charge in [-0.15, -0.1) is 0 Å². The fourth-order valence-corrected chi connectivity index (χ4v) is 3.62. The second kappa shape index (κ2) is 7.06. The highest BCUT2D eigenvalue weighted by molar-refractivity contribution is 5.70. The maximum Gasteiger partial charge on any atom is 0.228 e. The van der Waals surface area contributed by atoms with E-state index in [9.17, 15) is 0 Å². The van der Waals surface area contributed by atoms with E-state index in [1.54, 1.807) is 0 Å². The van der Waals surface area contributed by atoms with Crippen molar-refractivity contribution in [3.05, 3.63) is 95.6 Å². The molecule has 3 aromatic carbocycles. The van der Waals surface area contributed by atoms with Gasteiger partial charge < -0.3 is 9.64 Å². The molecule has 0 spiro atoms. The number of anilines is 2. The van der Waals surface area contributed by atoms with Crippen LogP contribution in [0.4, 0.5) is 11.5 Å². The predicted octanol–water partition coefficient (Wildman–Crippen LogP) is 5.92. The minimum absolute atomic E-state index is 0.632. The van der Waals surface area contributed by atoms with Crippen molar-refractivity contribution in [1.29, 1.82) is 0 Å². The first-order valence-electron chi connectivity index (χ1n) is 9.71. The summed E-state index contributed by atoms with van der Waals surface area (Å²) in [4.78, 5) is 11.9. The Morgan fingerprint density at radius 2 is 1.55 bits per heavy atom. The normalized spacial score (nSPS) is 11.9. The summed E-state index contributed by atoms with van der Waals surface area (Å²) < 4.78 is 6.21. The topological polar surface area (TPSA) is 38.2 Å². The Bertz CT molecular complexity index is 1170. The summed E-state index contributed by atoms with van der Waals surface area (Å²) in [6.07, 6.45) is 0.742. The summed E-state index contributed by atoms with van der Waals surface area (Å²) >= 11 is 0. The molecule has 0 aliphatic carbocycles. The predicted molar refractivity (Wildman–Crippen MR) is 116 cm³/mol. The molecule has 2 heterocycles. The van der Waals surface area contributed by atoms with Gasteiger partial charge in [-0.1, -0.05) is 66.2 Å². The number of ether oxygens (including phenoxy) is 1. The van der Waals surface area contributed by atoms with Crippen LogP contribution in [0.25, 0.3) is 11.4 Å². The molecule has 0 radical (unpaired) electrons. The number of para-hydroxylation sites is 2. The molecule has 1 aromatic heterocycles. The highest BCUT2D eigenvalue weighted by Crippen LogP contribution is 2.41. The molecule has 0 saturated carbocycles. The number of benzene rings is 3. The summed E-state index contributed by atoms with van der Waals surface area (Å²) in [5, 5.41) is 0. The van der Waals surface area contributed by atoms with Gasteiger partial charge in [0.1, 0.15) is 11.6 Å². The molecule has 1 aliphatic heterocycles. The molecule has 1 aliphatic rings. The second-order valence-electron chi connectivity index (χ2n) is 7.30. The van der Waals surface area contributed by atoms with Crippen molar-refractivity contribution in [3.8, 4) is 23.0 Å². The number of hydrogen-bond donors (Lipinski definition) is 0. The smallest absolute Gasteiger partial charge is 0.228 e. The minimum atomic E-state index is 0.632. The monoisotopic (exact) mass is 379 g/mol. The van der Waals surface area contributed by atoms with Crippen molar-refractivity contribution in [2.75, 3.05) is 11.9 Å². The van der Waals surface area contributed by atoms with Crippen molar-refractivity contribution in [2.45, 2.75) is 13.3 Å². The molecule has 0 atom stereocenters. The van der Waals surface area contributed by atoms with E-state index in [4.69, 9.17) is 14.7 Å². The summed E-state index contributed by atoms with van der Waals surface area (Å²) in [7, 11) is 2.04. The van der Waals surface area contributed by atoms with E-state index >= 15 is 0 Å². The van der Waals surface area contributed by atoms with Gasteiger partial charge in [0.25, 0.3) is 0 Å². The molecule has 142 valence electrons. The van der Waals surface area contributed by atoms with Gasteiger partial charge in [-0.25, -0.2) is 4.98 Å². The van der Waals surface area contributed by atoms with Gasteiger partial charge >= 0.3 is 0 Å². The standard InChI is InChI=1S/C25H21N3O/c1-17-12-14-18(15-13-17)23-26-24(28(2)20-9-4-3-5-10-20)21-16-19-8-6-7-11-22(19)29-25(21)27-23/h3-15H,16H2,1-2H3. The van der Waals surface area contributed by atoms with Crippen LogP contribution in [0.3, 0.4) is 0 Å². The number of aromatic nitrogens is 2. The molecule has 29 heavy (non-hydrogen) atoms. The molecule has 4 heteroatoms. The molecule has 0 fully saturated rings. The third-order valence-corrected chi connectivity index (χ3v) is 5.26. The largest absolute Gasteiger partial charge is 0.438 e. The third-order valence-electron chi connectivity index (χ3n) is 5.26. The minimum Gasteiger partial charge on any atom is -0.438 e. The van der Waals surface area contributed by atoms with Gasteiger partial charge in [0, 0.05) is 24.7 Å². The highest BCUT2D eigenvalue weighted by Gasteiger charge is 2.25. The van der Waals surface area contributed by atoms with Crippen LogP contribution in [-0.2, 0) is 6.42 Å². The maximum atomic E-state index is 6.21. The zero-order chi connectivity index (χ0) is 19.8. The average molecular weight is 379 g/mol. The summed E-state index contributed by atoms with van der Waals surface area (Å²) in [6, 6.07) is 26.6. The van der Waals surface area contributed by atoms with E-state index in [-0.39, 0.29) is 0 Å². The number of nitrogens with zero attached hydrogens (tertiary/aromatic N) is 3. The Kier molecular flexibility index (Phi) is 4.24. The van der Waals surface area contributed by atoms with Gasteiger partial charge in [0.2, 0.25) is 5.88 Å². The zero-order valence-corrected chi connectivity index (χ0v) is 16.5. The van der Waals surface area contributed by atoms with Gasteiger partial charge in [-0.2, -0.15) is 4.98 Å². The summed E-state index contributed by atoms with van der Waals surface area (Å²) in [5.74, 6) is 3.03. The van der Waals surface area contributed by atoms with Gasteiger partial charge in [-0.3, -0.25) is 0 Å². The molecule has 4 aromatic rings. The van der Waals surface area contributed by atoms with Crippen molar-refractivity contribution in [3.63, 3.8) is 0 Å². The Balaban J connectivity index is 1.68. The molecule has 5 rings (SSSR count). The quantitative estimate of drug-likeness (QED) is 0.390. The van der Waals surface area contributed by atoms with Gasteiger partial charge in [0.05, 0.1) is 5.56 Å². The first-order valence-corrected chi connectivity index (χ1v) is 9.71. The van der Waals surface area contributed by atoms with Crippen LogP contribution in [-0.4, -0.2) is 17.0 Å². The first kappa shape index (κ1) is 17.4. The van der Waals surface area contributed by atoms with Crippen LogP contribution in [0.5, 0.6) is 11.6 Å². The van der Waals surface area contributed by atoms with Crippen LogP contribution < -0.4 is 9.64 Å². The molecule has 0 bridgehead atoms. The van der Waals surface area contributed by atoms with Crippen molar-refractivity contribution in [1.82, 2.24) is 9.97 Å². The molecule has 0 saturated heterocycles. The Hall–Kier alpha value is -3.66. The lowest BCUT2D eigenvalue weighted by molar-refractivity contribution is 0.440. The number of rotatable bonds is 3. The van der Waals surface area contributed by atoms with Crippen LogP contribution in [0.15, 0.2) is 78.9 Å². The highest BCUT2D eigenvalue weighted by atomic mass is 16.5. The molecule has 4 nitrogen and oxygen atoms in total. The first-order chi connectivity index (χ1) is 14.2. The number of fused-ring (bicyclic) bond motifs is 2. The number of hydrogen-bond acceptors (Lipinski definition) is 4. The van der Waals surface area contributed by atoms with Crippen molar-refractivity contribution < 1.29 is 4.74 Å². The zero-order valence-electron chi connectivity index (χ0n) is 16.5. The molecule has 0 amide bonds. The van der Waals surface area contributed by atoms with Gasteiger partial charge in [0.15, 0.2) is 5.82 Å². The second-order valence-corrected chi connectivity index (χ2v) is 7.30. The maximum absolute atomic E-state index is 6.21. The van der Waals surface area contributed by atoms with Crippen molar-refractivity contribution >= 4 is 11.5 Å². The third kappa shape index (κ3) is 3.23. The van der Waals surface area contributed by atoms with Gasteiger partial charge in [-0.05, 0) is 30.7 Å². The lowest BCUT2D eigenvalue weighted by atomic mass is 10.0. The lowest BCUT2D eigenvalue weighted by Crippen LogP contribution is -2.17. The lowest BCUT2D eigenvalue weighted by Gasteiger charge is -2.26. The average Bonchev–Trinajstić information content (AvgIpc) is 2.77. The van der Waals surface area contributed by atoms with E-state index in [0.29, 0.717) is 11.7 Å². The molecule has 0 N–H and O–H groups in total. The van der Waals surface area contributed by atoms with Crippen LogP contribution >= 0.6 is 0 Å². The molecular formula is C25H21N3O. The van der Waals surface area contributed by atoms with E-state index in [0.717, 1.165) is 40.4 Å². The Labute approximate surface area is 170 Å². The van der Waals surface area contributed by atoms with Crippen LogP contribution in [0.2, 0.25) is 0 Å². The molecular weight excluding hydrogens is 358 g/mol. The van der Waals surface area contributed by atoms with E-state index in [2.05, 4.69) is 54.3 Å². The van der Waals surface area contributed by atoms with E-state index < -0.39 is 0 Å². The Morgan fingerprint density at radius 1 is 0.828 bits per heavy atom. The number of aryl methyl sites for hydroxylation is 1. The van der Waals surface area contributed by atoms with Crippen LogP contribution in [0, 0.1) is 6.92 Å². The molecule has 0 unspecified atom stereocenters. The SMILES string of the molecule is Cc1ccc(-c2nc3c(c(N(C)c4ccccc4)n2)Cc2ccccc2O3)cc1. The summed E-state index contributed by atoms with van der Waals surface area (Å²) in [6.45, 7) is 2.08. The van der Waals surface area contributed by atoms with E-state index in [1.807, 2.05) is 43.4 Å². The van der Waals surface area contributed by atoms with Crippen molar-refractivity contribution in [2.24, 2.45) is 0 Å². The van der Waals surface area contributed by atoms with E-state index in [1.165, 1.54) is 5.56 Å². The fraction of sp³-hybridized carbons (Fsp3) is 0.120. The summed E-state index contributed by atoms with van der Waals surface area (Å²) in [5.41, 5.74) is 5.41. The fourth-order valence-electron chi connectivity index (χ4n) is 3.62. The van der Waals surface area contributed by atoms with Crippen LogP contribution in [0.1, 0.15) is 16.7 Å².